The summed E-state index contributed by atoms with van der Waals surface area (Å²) in [5.41, 5.74) is 0. The van der Waals surface area contributed by atoms with Gasteiger partial charge in [0.25, 0.3) is 0 Å². The van der Waals surface area contributed by atoms with Gasteiger partial charge in [-0.1, -0.05) is 13.8 Å². The Morgan fingerprint density at radius 2 is 2.15 bits per heavy atom. The van der Waals surface area contributed by atoms with Crippen LogP contribution in [0.3, 0.4) is 0 Å². The first-order chi connectivity index (χ1) is 6.11. The number of carbonyl (C=O) groups is 1. The van der Waals surface area contributed by atoms with Crippen LogP contribution in [0.5, 0.6) is 0 Å². The quantitative estimate of drug-likeness (QED) is 0.660. The summed E-state index contributed by atoms with van der Waals surface area (Å²) in [4.78, 5) is 10.8. The van der Waals surface area contributed by atoms with Crippen LogP contribution < -0.4 is 5.32 Å². The van der Waals surface area contributed by atoms with Crippen LogP contribution in [0.2, 0.25) is 0 Å². The standard InChI is InChI=1S/C9H19NO2S/c1-7(2)8(10-3)5-13-6-9(11)12-4/h7-8,10H,5-6H2,1-4H3. The minimum Gasteiger partial charge on any atom is -0.468 e. The number of carbonyl (C=O) groups excluding carboxylic acids is 1. The molecule has 1 N–H and O–H groups in total. The summed E-state index contributed by atoms with van der Waals surface area (Å²) in [6.45, 7) is 4.33. The average Bonchev–Trinajstić information content (AvgIpc) is 2.11. The molecular formula is C9H19NO2S. The summed E-state index contributed by atoms with van der Waals surface area (Å²) >= 11 is 1.61. The second kappa shape index (κ2) is 7.21. The summed E-state index contributed by atoms with van der Waals surface area (Å²) in [5, 5.41) is 3.22. The van der Waals surface area contributed by atoms with Crippen LogP contribution in [0.4, 0.5) is 0 Å². The van der Waals surface area contributed by atoms with Crippen LogP contribution in [-0.4, -0.2) is 37.7 Å². The zero-order valence-corrected chi connectivity index (χ0v) is 9.61. The first kappa shape index (κ1) is 12.8. The van der Waals surface area contributed by atoms with E-state index < -0.39 is 0 Å². The molecule has 0 aliphatic heterocycles. The third-order valence-corrected chi connectivity index (χ3v) is 2.96. The van der Waals surface area contributed by atoms with Crippen LogP contribution in [0.25, 0.3) is 0 Å². The molecule has 0 aromatic heterocycles. The van der Waals surface area contributed by atoms with Crippen molar-refractivity contribution >= 4 is 17.7 Å². The maximum absolute atomic E-state index is 10.8. The Balaban J connectivity index is 3.55. The first-order valence-corrected chi connectivity index (χ1v) is 5.59. The number of methoxy groups -OCH3 is 1. The van der Waals surface area contributed by atoms with Crippen LogP contribution in [0.15, 0.2) is 0 Å². The number of nitrogens with one attached hydrogen (secondary N) is 1. The summed E-state index contributed by atoms with van der Waals surface area (Å²) < 4.78 is 4.55. The molecule has 1 atom stereocenters. The second-order valence-electron chi connectivity index (χ2n) is 3.23. The highest BCUT2D eigenvalue weighted by molar-refractivity contribution is 7.99. The molecule has 0 bridgehead atoms. The molecule has 0 spiro atoms. The molecular weight excluding hydrogens is 186 g/mol. The molecule has 4 heteroatoms. The molecule has 0 aliphatic rings. The van der Waals surface area contributed by atoms with E-state index in [1.54, 1.807) is 11.8 Å². The van der Waals surface area contributed by atoms with Crippen molar-refractivity contribution in [3.05, 3.63) is 0 Å². The van der Waals surface area contributed by atoms with Crippen molar-refractivity contribution in [2.24, 2.45) is 5.92 Å². The zero-order valence-electron chi connectivity index (χ0n) is 8.79. The van der Waals surface area contributed by atoms with Crippen molar-refractivity contribution < 1.29 is 9.53 Å². The predicted octanol–water partition coefficient (Wildman–Crippen LogP) is 1.14. The molecule has 0 radical (unpaired) electrons. The van der Waals surface area contributed by atoms with E-state index in [0.29, 0.717) is 17.7 Å². The van der Waals surface area contributed by atoms with Gasteiger partial charge < -0.3 is 10.1 Å². The van der Waals surface area contributed by atoms with E-state index >= 15 is 0 Å². The number of rotatable bonds is 6. The van der Waals surface area contributed by atoms with Crippen LogP contribution >= 0.6 is 11.8 Å². The number of hydrogen-bond donors (Lipinski definition) is 1. The zero-order chi connectivity index (χ0) is 10.3. The Morgan fingerprint density at radius 3 is 2.54 bits per heavy atom. The van der Waals surface area contributed by atoms with Gasteiger partial charge in [-0.05, 0) is 13.0 Å². The van der Waals surface area contributed by atoms with Gasteiger partial charge >= 0.3 is 5.97 Å². The normalized spacial score (nSPS) is 13.0. The highest BCUT2D eigenvalue weighted by Gasteiger charge is 2.11. The van der Waals surface area contributed by atoms with E-state index in [-0.39, 0.29) is 5.97 Å². The van der Waals surface area contributed by atoms with Gasteiger partial charge in [0.15, 0.2) is 0 Å². The smallest absolute Gasteiger partial charge is 0.315 e. The van der Waals surface area contributed by atoms with E-state index in [9.17, 15) is 4.79 Å². The van der Waals surface area contributed by atoms with Gasteiger partial charge in [-0.15, -0.1) is 11.8 Å². The average molecular weight is 205 g/mol. The maximum atomic E-state index is 10.8. The fourth-order valence-corrected chi connectivity index (χ4v) is 2.15. The van der Waals surface area contributed by atoms with Gasteiger partial charge in [0.2, 0.25) is 0 Å². The monoisotopic (exact) mass is 205 g/mol. The van der Waals surface area contributed by atoms with Gasteiger partial charge in [0.1, 0.15) is 0 Å². The Kier molecular flexibility index (Phi) is 7.09. The van der Waals surface area contributed by atoms with Gasteiger partial charge in [0.05, 0.1) is 12.9 Å². The SMILES string of the molecule is CNC(CSCC(=O)OC)C(C)C. The second-order valence-corrected chi connectivity index (χ2v) is 4.26. The summed E-state index contributed by atoms with van der Waals surface area (Å²) in [6, 6.07) is 0.467. The maximum Gasteiger partial charge on any atom is 0.315 e. The highest BCUT2D eigenvalue weighted by atomic mass is 32.2. The molecule has 1 unspecified atom stereocenters. The molecule has 0 saturated heterocycles. The lowest BCUT2D eigenvalue weighted by Crippen LogP contribution is -2.33. The minimum absolute atomic E-state index is 0.149. The van der Waals surface area contributed by atoms with Crippen molar-refractivity contribution in [3.63, 3.8) is 0 Å². The molecule has 3 nitrogen and oxygen atoms in total. The first-order valence-electron chi connectivity index (χ1n) is 4.43. The van der Waals surface area contributed by atoms with Crippen molar-refractivity contribution in [3.8, 4) is 0 Å². The van der Waals surface area contributed by atoms with Crippen molar-refractivity contribution in [2.75, 3.05) is 25.7 Å². The van der Waals surface area contributed by atoms with Crippen molar-refractivity contribution in [1.82, 2.24) is 5.32 Å². The number of thioether (sulfide) groups is 1. The molecule has 13 heavy (non-hydrogen) atoms. The van der Waals surface area contributed by atoms with Gasteiger partial charge in [-0.25, -0.2) is 0 Å². The van der Waals surface area contributed by atoms with E-state index in [0.717, 1.165) is 5.75 Å². The molecule has 0 amide bonds. The molecule has 0 fully saturated rings. The van der Waals surface area contributed by atoms with Crippen molar-refractivity contribution in [2.45, 2.75) is 19.9 Å². The molecule has 0 rings (SSSR count). The van der Waals surface area contributed by atoms with E-state index in [4.69, 9.17) is 0 Å². The van der Waals surface area contributed by atoms with Crippen molar-refractivity contribution in [1.29, 1.82) is 0 Å². The number of hydrogen-bond acceptors (Lipinski definition) is 4. The highest BCUT2D eigenvalue weighted by Crippen LogP contribution is 2.09. The third-order valence-electron chi connectivity index (χ3n) is 1.92. The fraction of sp³-hybridized carbons (Fsp3) is 0.889. The fourth-order valence-electron chi connectivity index (χ4n) is 0.937. The molecule has 0 saturated carbocycles. The van der Waals surface area contributed by atoms with Crippen LogP contribution in [0.1, 0.15) is 13.8 Å². The predicted molar refractivity (Wildman–Crippen MR) is 57.0 cm³/mol. The van der Waals surface area contributed by atoms with E-state index in [1.165, 1.54) is 7.11 Å². The van der Waals surface area contributed by atoms with E-state index in [1.807, 2.05) is 7.05 Å². The Morgan fingerprint density at radius 1 is 1.54 bits per heavy atom. The van der Waals surface area contributed by atoms with Crippen LogP contribution in [-0.2, 0) is 9.53 Å². The molecule has 0 aromatic carbocycles. The minimum atomic E-state index is -0.149. The summed E-state index contributed by atoms with van der Waals surface area (Å²) in [6.07, 6.45) is 0. The van der Waals surface area contributed by atoms with E-state index in [2.05, 4.69) is 23.9 Å². The molecule has 78 valence electrons. The topological polar surface area (TPSA) is 38.3 Å². The third kappa shape index (κ3) is 5.93. The molecule has 0 heterocycles. The summed E-state index contributed by atoms with van der Waals surface area (Å²) in [7, 11) is 3.37. The lowest BCUT2D eigenvalue weighted by Gasteiger charge is -2.19. The largest absolute Gasteiger partial charge is 0.468 e. The number of ether oxygens (including phenoxy) is 1. The Labute approximate surface area is 84.6 Å². The molecule has 0 aliphatic carbocycles. The Bertz CT molecular complexity index is 151. The summed E-state index contributed by atoms with van der Waals surface area (Å²) in [5.74, 6) is 1.84. The lowest BCUT2D eigenvalue weighted by atomic mass is 10.1. The lowest BCUT2D eigenvalue weighted by molar-refractivity contribution is -0.137. The van der Waals surface area contributed by atoms with Gasteiger partial charge in [-0.2, -0.15) is 0 Å². The Hall–Kier alpha value is -0.220. The van der Waals surface area contributed by atoms with Gasteiger partial charge in [-0.3, -0.25) is 4.79 Å². The van der Waals surface area contributed by atoms with Gasteiger partial charge in [0, 0.05) is 11.8 Å². The number of esters is 1. The molecule has 0 aromatic rings. The van der Waals surface area contributed by atoms with Crippen LogP contribution in [0, 0.1) is 5.92 Å².